The summed E-state index contributed by atoms with van der Waals surface area (Å²) in [5.74, 6) is 1.41. The minimum absolute atomic E-state index is 0.107. The predicted molar refractivity (Wildman–Crippen MR) is 119 cm³/mol. The van der Waals surface area contributed by atoms with Crippen molar-refractivity contribution in [2.75, 3.05) is 33.4 Å². The van der Waals surface area contributed by atoms with Crippen molar-refractivity contribution in [3.8, 4) is 5.75 Å². The number of benzene rings is 2. The Balaban J connectivity index is 1.67. The molecular formula is C24H32FN3O2. The average molecular weight is 414 g/mol. The van der Waals surface area contributed by atoms with Crippen molar-refractivity contribution in [3.63, 3.8) is 0 Å². The molecule has 1 fully saturated rings. The molecule has 3 rings (SSSR count). The molecule has 30 heavy (non-hydrogen) atoms. The summed E-state index contributed by atoms with van der Waals surface area (Å²) >= 11 is 0. The van der Waals surface area contributed by atoms with Gasteiger partial charge in [-0.3, -0.25) is 4.99 Å². The topological polar surface area (TPSA) is 54.9 Å². The highest BCUT2D eigenvalue weighted by molar-refractivity contribution is 5.79. The fourth-order valence-electron chi connectivity index (χ4n) is 3.88. The van der Waals surface area contributed by atoms with E-state index in [1.807, 2.05) is 19.1 Å². The molecule has 0 atom stereocenters. The van der Waals surface area contributed by atoms with E-state index >= 15 is 0 Å². The maximum atomic E-state index is 13.4. The van der Waals surface area contributed by atoms with Gasteiger partial charge in [0.05, 0.1) is 6.61 Å². The summed E-state index contributed by atoms with van der Waals surface area (Å²) in [6.45, 7) is 7.39. The van der Waals surface area contributed by atoms with Gasteiger partial charge < -0.3 is 20.1 Å². The predicted octanol–water partition coefficient (Wildman–Crippen LogP) is 3.95. The third kappa shape index (κ3) is 5.51. The average Bonchev–Trinajstić information content (AvgIpc) is 2.76. The quantitative estimate of drug-likeness (QED) is 0.533. The second kappa shape index (κ2) is 10.4. The van der Waals surface area contributed by atoms with Gasteiger partial charge in [-0.15, -0.1) is 0 Å². The van der Waals surface area contributed by atoms with Crippen molar-refractivity contribution >= 4 is 5.96 Å². The van der Waals surface area contributed by atoms with Crippen molar-refractivity contribution in [3.05, 3.63) is 65.0 Å². The normalized spacial score (nSPS) is 16.2. The molecule has 1 saturated heterocycles. The molecule has 2 aromatic rings. The molecule has 162 valence electrons. The first-order valence-electron chi connectivity index (χ1n) is 10.6. The number of nitrogens with one attached hydrogen (secondary N) is 2. The summed E-state index contributed by atoms with van der Waals surface area (Å²) < 4.78 is 24.8. The summed E-state index contributed by atoms with van der Waals surface area (Å²) in [6.07, 6.45) is 1.77. The van der Waals surface area contributed by atoms with E-state index in [9.17, 15) is 4.39 Å². The molecule has 0 spiro atoms. The summed E-state index contributed by atoms with van der Waals surface area (Å²) in [5, 5.41) is 6.86. The fourth-order valence-corrected chi connectivity index (χ4v) is 3.88. The first-order chi connectivity index (χ1) is 14.6. The molecule has 1 heterocycles. The number of hydrogen-bond acceptors (Lipinski definition) is 3. The van der Waals surface area contributed by atoms with E-state index in [2.05, 4.69) is 40.7 Å². The zero-order valence-electron chi connectivity index (χ0n) is 18.1. The smallest absolute Gasteiger partial charge is 0.191 e. The zero-order chi connectivity index (χ0) is 21.4. The van der Waals surface area contributed by atoms with Crippen LogP contribution in [0.1, 0.15) is 36.5 Å². The number of hydrogen-bond donors (Lipinski definition) is 2. The molecule has 1 aliphatic rings. The molecule has 6 heteroatoms. The largest absolute Gasteiger partial charge is 0.494 e. The third-order valence-electron chi connectivity index (χ3n) is 5.69. The number of rotatable bonds is 7. The minimum atomic E-state index is -0.213. The van der Waals surface area contributed by atoms with Crippen LogP contribution in [-0.2, 0) is 16.7 Å². The van der Waals surface area contributed by atoms with Crippen LogP contribution in [0.3, 0.4) is 0 Å². The van der Waals surface area contributed by atoms with Gasteiger partial charge in [0.25, 0.3) is 0 Å². The van der Waals surface area contributed by atoms with E-state index in [1.165, 1.54) is 17.7 Å². The summed E-state index contributed by atoms with van der Waals surface area (Å²) in [6, 6.07) is 13.1. The van der Waals surface area contributed by atoms with Crippen molar-refractivity contribution in [1.82, 2.24) is 10.6 Å². The molecule has 0 amide bonds. The van der Waals surface area contributed by atoms with Crippen LogP contribution in [0.25, 0.3) is 0 Å². The molecule has 0 saturated carbocycles. The van der Waals surface area contributed by atoms with Crippen molar-refractivity contribution in [1.29, 1.82) is 0 Å². The van der Waals surface area contributed by atoms with E-state index in [0.29, 0.717) is 32.9 Å². The molecule has 0 unspecified atom stereocenters. The number of aliphatic imine (C=N–C) groups is 1. The Morgan fingerprint density at radius 1 is 1.13 bits per heavy atom. The summed E-state index contributed by atoms with van der Waals surface area (Å²) in [5.41, 5.74) is 3.28. The molecule has 0 radical (unpaired) electrons. The minimum Gasteiger partial charge on any atom is -0.494 e. The molecule has 2 aromatic carbocycles. The molecule has 0 aromatic heterocycles. The van der Waals surface area contributed by atoms with Crippen molar-refractivity contribution < 1.29 is 13.9 Å². The first-order valence-corrected chi connectivity index (χ1v) is 10.6. The van der Waals surface area contributed by atoms with Gasteiger partial charge in [0, 0.05) is 44.3 Å². The molecular weight excluding hydrogens is 381 g/mol. The van der Waals surface area contributed by atoms with Crippen LogP contribution in [0.15, 0.2) is 47.5 Å². The Hall–Kier alpha value is -2.60. The van der Waals surface area contributed by atoms with Gasteiger partial charge in [0.15, 0.2) is 5.96 Å². The van der Waals surface area contributed by atoms with Crippen LogP contribution in [-0.4, -0.2) is 39.4 Å². The van der Waals surface area contributed by atoms with Crippen LogP contribution in [0.2, 0.25) is 0 Å². The molecule has 0 bridgehead atoms. The highest BCUT2D eigenvalue weighted by Crippen LogP contribution is 2.34. The van der Waals surface area contributed by atoms with Crippen molar-refractivity contribution in [2.24, 2.45) is 4.99 Å². The lowest BCUT2D eigenvalue weighted by atomic mass is 9.74. The van der Waals surface area contributed by atoms with Crippen LogP contribution in [0, 0.1) is 12.7 Å². The number of ether oxygens (including phenoxy) is 2. The molecule has 5 nitrogen and oxygen atoms in total. The maximum Gasteiger partial charge on any atom is 0.191 e. The summed E-state index contributed by atoms with van der Waals surface area (Å²) in [4.78, 5) is 4.38. The third-order valence-corrected chi connectivity index (χ3v) is 5.69. The van der Waals surface area contributed by atoms with Gasteiger partial charge in [0.1, 0.15) is 11.6 Å². The van der Waals surface area contributed by atoms with E-state index in [4.69, 9.17) is 9.47 Å². The van der Waals surface area contributed by atoms with Crippen LogP contribution >= 0.6 is 0 Å². The van der Waals surface area contributed by atoms with Gasteiger partial charge >= 0.3 is 0 Å². The van der Waals surface area contributed by atoms with E-state index in [-0.39, 0.29) is 11.2 Å². The highest BCUT2D eigenvalue weighted by atomic mass is 19.1. The zero-order valence-corrected chi connectivity index (χ0v) is 18.1. The van der Waals surface area contributed by atoms with Crippen LogP contribution in [0.5, 0.6) is 5.75 Å². The number of halogens is 1. The maximum absolute atomic E-state index is 13.4. The molecule has 0 aliphatic carbocycles. The standard InChI is InChI=1S/C24H32FN3O2/c1-4-30-22-15-18(2)5-6-19(22)16-27-23(26-3)28-17-24(11-13-29-14-12-24)20-7-9-21(25)10-8-20/h5-10,15H,4,11-14,16-17H2,1-3H3,(H2,26,27,28). The first kappa shape index (κ1) is 22.1. The number of aryl methyl sites for hydroxylation is 1. The monoisotopic (exact) mass is 413 g/mol. The number of guanidine groups is 1. The Kier molecular flexibility index (Phi) is 7.69. The van der Waals surface area contributed by atoms with Gasteiger partial charge in [-0.2, -0.15) is 0 Å². The Morgan fingerprint density at radius 3 is 2.53 bits per heavy atom. The number of nitrogens with zero attached hydrogens (tertiary/aromatic N) is 1. The van der Waals surface area contributed by atoms with E-state index < -0.39 is 0 Å². The molecule has 1 aliphatic heterocycles. The second-order valence-electron chi connectivity index (χ2n) is 7.72. The highest BCUT2D eigenvalue weighted by Gasteiger charge is 2.34. The lowest BCUT2D eigenvalue weighted by Crippen LogP contribution is -2.47. The molecule has 2 N–H and O–H groups in total. The lowest BCUT2D eigenvalue weighted by molar-refractivity contribution is 0.0513. The van der Waals surface area contributed by atoms with Gasteiger partial charge in [0.2, 0.25) is 0 Å². The van der Waals surface area contributed by atoms with Crippen molar-refractivity contribution in [2.45, 2.75) is 38.6 Å². The van der Waals surface area contributed by atoms with Gasteiger partial charge in [-0.25, -0.2) is 4.39 Å². The Labute approximate surface area is 178 Å². The van der Waals surface area contributed by atoms with Crippen LogP contribution < -0.4 is 15.4 Å². The van der Waals surface area contributed by atoms with E-state index in [1.54, 1.807) is 7.05 Å². The van der Waals surface area contributed by atoms with Gasteiger partial charge in [-0.1, -0.05) is 24.3 Å². The Bertz CT molecular complexity index is 846. The van der Waals surface area contributed by atoms with Crippen LogP contribution in [0.4, 0.5) is 4.39 Å². The van der Waals surface area contributed by atoms with E-state index in [0.717, 1.165) is 35.7 Å². The SMILES string of the molecule is CCOc1cc(C)ccc1CNC(=NC)NCC1(c2ccc(F)cc2)CCOCC1. The van der Waals surface area contributed by atoms with Gasteiger partial charge in [-0.05, 0) is 56.0 Å². The fraction of sp³-hybridized carbons (Fsp3) is 0.458. The summed E-state index contributed by atoms with van der Waals surface area (Å²) in [7, 11) is 1.77. The lowest BCUT2D eigenvalue weighted by Gasteiger charge is -2.38. The second-order valence-corrected chi connectivity index (χ2v) is 7.72. The Morgan fingerprint density at radius 2 is 1.87 bits per heavy atom.